The first-order valence-corrected chi connectivity index (χ1v) is 16.5. The van der Waals surface area contributed by atoms with Crippen LogP contribution >= 0.6 is 8.58 Å². The molecule has 0 radical (unpaired) electrons. The number of benzene rings is 4. The van der Waals surface area contributed by atoms with Crippen molar-refractivity contribution in [1.82, 2.24) is 0 Å². The first-order valence-electron chi connectivity index (χ1n) is 15.5. The Labute approximate surface area is 260 Å². The standard InChI is InChI=1S/C38H47FNO2P/c1-6-8-15-22-38(7-2,43-36-21-20-33(39)27-35(36)40(3)4)34-26-31(23-29-16-11-9-12-17-29)25-32(37(34)42-28-41-5)24-30-18-13-10-14-19-30/h9-14,16-21,25-27,43H,6-8,15,22-24,28H2,1-5H3. The van der Waals surface area contributed by atoms with Crippen molar-refractivity contribution >= 4 is 19.6 Å². The minimum absolute atomic E-state index is 0.182. The van der Waals surface area contributed by atoms with Crippen LogP contribution in [-0.2, 0) is 22.7 Å². The van der Waals surface area contributed by atoms with E-state index in [-0.39, 0.29) is 17.8 Å². The molecule has 0 aromatic heterocycles. The summed E-state index contributed by atoms with van der Waals surface area (Å²) in [4.78, 5) is 2.03. The lowest BCUT2D eigenvalue weighted by atomic mass is 9.84. The fraction of sp³-hybridized carbons (Fsp3) is 0.368. The van der Waals surface area contributed by atoms with E-state index in [1.54, 1.807) is 19.2 Å². The Bertz CT molecular complexity index is 1430. The van der Waals surface area contributed by atoms with Gasteiger partial charge >= 0.3 is 0 Å². The van der Waals surface area contributed by atoms with Crippen molar-refractivity contribution in [3.05, 3.63) is 125 Å². The van der Waals surface area contributed by atoms with E-state index >= 15 is 0 Å². The van der Waals surface area contributed by atoms with Gasteiger partial charge in [-0.15, -0.1) is 0 Å². The van der Waals surface area contributed by atoms with Gasteiger partial charge in [-0.05, 0) is 65.0 Å². The molecule has 0 amide bonds. The zero-order valence-corrected chi connectivity index (χ0v) is 27.5. The Morgan fingerprint density at radius 3 is 2.07 bits per heavy atom. The van der Waals surface area contributed by atoms with Crippen molar-refractivity contribution in [1.29, 1.82) is 0 Å². The quantitative estimate of drug-likeness (QED) is 0.0728. The molecule has 3 nitrogen and oxygen atoms in total. The molecule has 0 saturated carbocycles. The number of hydrogen-bond donors (Lipinski definition) is 0. The molecule has 5 heteroatoms. The highest BCUT2D eigenvalue weighted by Crippen LogP contribution is 2.53. The SMILES string of the molecule is CCCCCC(CC)(Pc1ccc(F)cc1N(C)C)c1cc(Cc2ccccc2)cc(Cc2ccccc2)c1OCOC. The molecule has 0 fully saturated rings. The van der Waals surface area contributed by atoms with E-state index in [1.807, 2.05) is 25.1 Å². The summed E-state index contributed by atoms with van der Waals surface area (Å²) in [6, 6.07) is 31.3. The third kappa shape index (κ3) is 8.68. The molecule has 4 aromatic rings. The Morgan fingerprint density at radius 1 is 0.791 bits per heavy atom. The number of anilines is 1. The van der Waals surface area contributed by atoms with Crippen LogP contribution in [0.1, 0.15) is 73.8 Å². The van der Waals surface area contributed by atoms with Crippen molar-refractivity contribution < 1.29 is 13.9 Å². The summed E-state index contributed by atoms with van der Waals surface area (Å²) in [6.07, 6.45) is 7.04. The van der Waals surface area contributed by atoms with Crippen molar-refractivity contribution in [2.24, 2.45) is 0 Å². The number of ether oxygens (including phenoxy) is 2. The van der Waals surface area contributed by atoms with Crippen molar-refractivity contribution in [3.8, 4) is 5.75 Å². The molecule has 0 aliphatic carbocycles. The molecule has 43 heavy (non-hydrogen) atoms. The van der Waals surface area contributed by atoms with Crippen LogP contribution in [0.4, 0.5) is 10.1 Å². The van der Waals surface area contributed by atoms with Gasteiger partial charge in [0, 0.05) is 44.0 Å². The highest BCUT2D eigenvalue weighted by Gasteiger charge is 2.36. The van der Waals surface area contributed by atoms with Crippen LogP contribution in [-0.4, -0.2) is 28.0 Å². The summed E-state index contributed by atoms with van der Waals surface area (Å²) in [6.45, 7) is 4.74. The predicted molar refractivity (Wildman–Crippen MR) is 182 cm³/mol. The van der Waals surface area contributed by atoms with Gasteiger partial charge in [0.25, 0.3) is 0 Å². The van der Waals surface area contributed by atoms with Crippen LogP contribution in [0.15, 0.2) is 91.0 Å². The van der Waals surface area contributed by atoms with Crippen LogP contribution < -0.4 is 14.9 Å². The van der Waals surface area contributed by atoms with Crippen LogP contribution in [0.3, 0.4) is 0 Å². The highest BCUT2D eigenvalue weighted by molar-refractivity contribution is 7.49. The van der Waals surface area contributed by atoms with Gasteiger partial charge in [0.05, 0.1) is 0 Å². The zero-order valence-electron chi connectivity index (χ0n) is 26.5. The molecule has 0 aliphatic heterocycles. The van der Waals surface area contributed by atoms with E-state index in [0.29, 0.717) is 8.58 Å². The minimum atomic E-state index is -0.204. The molecule has 0 spiro atoms. The third-order valence-electron chi connectivity index (χ3n) is 8.18. The van der Waals surface area contributed by atoms with Crippen LogP contribution in [0.2, 0.25) is 0 Å². The molecule has 0 bridgehead atoms. The maximum absolute atomic E-state index is 14.5. The number of unbranched alkanes of at least 4 members (excludes halogenated alkanes) is 2. The lowest BCUT2D eigenvalue weighted by molar-refractivity contribution is 0.0492. The summed E-state index contributed by atoms with van der Waals surface area (Å²) in [5.74, 6) is 0.728. The highest BCUT2D eigenvalue weighted by atomic mass is 31.1. The van der Waals surface area contributed by atoms with Gasteiger partial charge in [0.2, 0.25) is 0 Å². The Kier molecular flexibility index (Phi) is 12.2. The second-order valence-electron chi connectivity index (χ2n) is 11.6. The summed E-state index contributed by atoms with van der Waals surface area (Å²) in [7, 11) is 6.12. The number of hydrogen-bond acceptors (Lipinski definition) is 3. The van der Waals surface area contributed by atoms with Gasteiger partial charge in [-0.25, -0.2) is 4.39 Å². The molecule has 0 saturated heterocycles. The lowest BCUT2D eigenvalue weighted by Crippen LogP contribution is -2.27. The third-order valence-corrected chi connectivity index (χ3v) is 10.2. The average molecular weight is 600 g/mol. The number of nitrogens with zero attached hydrogens (tertiary/aromatic N) is 1. The van der Waals surface area contributed by atoms with E-state index in [4.69, 9.17) is 9.47 Å². The summed E-state index contributed by atoms with van der Waals surface area (Å²) < 4.78 is 26.5. The van der Waals surface area contributed by atoms with E-state index < -0.39 is 0 Å². The van der Waals surface area contributed by atoms with E-state index in [9.17, 15) is 4.39 Å². The lowest BCUT2D eigenvalue weighted by Gasteiger charge is -2.37. The number of halogens is 1. The largest absolute Gasteiger partial charge is 0.467 e. The van der Waals surface area contributed by atoms with Crippen LogP contribution in [0.5, 0.6) is 5.75 Å². The molecule has 2 atom stereocenters. The maximum Gasteiger partial charge on any atom is 0.188 e. The van der Waals surface area contributed by atoms with E-state index in [1.165, 1.54) is 39.5 Å². The number of rotatable bonds is 16. The zero-order chi connectivity index (χ0) is 30.7. The van der Waals surface area contributed by atoms with Crippen LogP contribution in [0.25, 0.3) is 0 Å². The molecule has 2 unspecified atom stereocenters. The van der Waals surface area contributed by atoms with Crippen molar-refractivity contribution in [2.45, 2.75) is 63.9 Å². The van der Waals surface area contributed by atoms with Gasteiger partial charge in [-0.3, -0.25) is 0 Å². The molecule has 0 aliphatic rings. The van der Waals surface area contributed by atoms with Gasteiger partial charge < -0.3 is 14.4 Å². The molecular weight excluding hydrogens is 552 g/mol. The molecule has 4 rings (SSSR count). The smallest absolute Gasteiger partial charge is 0.188 e. The Hall–Kier alpha value is -3.20. The predicted octanol–water partition coefficient (Wildman–Crippen LogP) is 9.25. The Morgan fingerprint density at radius 2 is 1.47 bits per heavy atom. The van der Waals surface area contributed by atoms with Crippen LogP contribution in [0, 0.1) is 5.82 Å². The fourth-order valence-corrected chi connectivity index (χ4v) is 7.82. The molecular formula is C38H47FNO2P. The van der Waals surface area contributed by atoms with Crippen molar-refractivity contribution in [3.63, 3.8) is 0 Å². The summed E-state index contributed by atoms with van der Waals surface area (Å²) >= 11 is 0. The molecule has 228 valence electrons. The van der Waals surface area contributed by atoms with Gasteiger partial charge in [0.1, 0.15) is 11.6 Å². The normalized spacial score (nSPS) is 12.9. The first kappa shape index (κ1) is 32.7. The van der Waals surface area contributed by atoms with Gasteiger partial charge in [-0.2, -0.15) is 0 Å². The molecule has 0 heterocycles. The monoisotopic (exact) mass is 599 g/mol. The second-order valence-corrected chi connectivity index (χ2v) is 13.3. The van der Waals surface area contributed by atoms with Gasteiger partial charge in [0.15, 0.2) is 6.79 Å². The second kappa shape index (κ2) is 16.0. The summed E-state index contributed by atoms with van der Waals surface area (Å²) in [5.41, 5.74) is 7.18. The van der Waals surface area contributed by atoms with E-state index in [2.05, 4.69) is 86.6 Å². The van der Waals surface area contributed by atoms with Crippen molar-refractivity contribution in [2.75, 3.05) is 32.9 Å². The summed E-state index contributed by atoms with van der Waals surface area (Å²) in [5, 5.41) is 0.999. The average Bonchev–Trinajstić information content (AvgIpc) is 3.01. The first-order chi connectivity index (χ1) is 20.9. The van der Waals surface area contributed by atoms with Gasteiger partial charge in [-0.1, -0.05) is 114 Å². The molecule has 0 N–H and O–H groups in total. The number of methoxy groups -OCH3 is 1. The maximum atomic E-state index is 14.5. The topological polar surface area (TPSA) is 21.7 Å². The Balaban J connectivity index is 1.95. The minimum Gasteiger partial charge on any atom is -0.467 e. The molecule has 4 aromatic carbocycles. The van der Waals surface area contributed by atoms with E-state index in [0.717, 1.165) is 50.0 Å². The fourth-order valence-electron chi connectivity index (χ4n) is 5.91.